The number of carbonyl (C=O) groups is 1. The maximum Gasteiger partial charge on any atom is 0.256 e. The first-order valence-corrected chi connectivity index (χ1v) is 10.3. The van der Waals surface area contributed by atoms with Gasteiger partial charge in [0.1, 0.15) is 5.82 Å². The Hall–Kier alpha value is -1.77. The van der Waals surface area contributed by atoms with Gasteiger partial charge in [-0.3, -0.25) is 4.79 Å². The zero-order valence-corrected chi connectivity index (χ0v) is 17.1. The van der Waals surface area contributed by atoms with Crippen LogP contribution >= 0.6 is 15.9 Å². The lowest BCUT2D eigenvalue weighted by molar-refractivity contribution is 0.102. The number of rotatable bonds is 6. The van der Waals surface area contributed by atoms with E-state index < -0.39 is 21.7 Å². The Kier molecular flexibility index (Phi) is 6.54. The zero-order valence-electron chi connectivity index (χ0n) is 14.7. The van der Waals surface area contributed by atoms with Crippen molar-refractivity contribution in [2.24, 2.45) is 0 Å². The van der Waals surface area contributed by atoms with Crippen LogP contribution in [0.1, 0.15) is 29.8 Å². The van der Waals surface area contributed by atoms with Gasteiger partial charge in [-0.2, -0.15) is 4.31 Å². The molecule has 1 amide bonds. The lowest BCUT2D eigenvalue weighted by atomic mass is 10.1. The van der Waals surface area contributed by atoms with E-state index >= 15 is 0 Å². The van der Waals surface area contributed by atoms with Crippen molar-refractivity contribution < 1.29 is 17.6 Å². The molecule has 0 aliphatic carbocycles. The molecule has 0 bridgehead atoms. The van der Waals surface area contributed by atoms with Gasteiger partial charge >= 0.3 is 0 Å². The van der Waals surface area contributed by atoms with Gasteiger partial charge in [-0.15, -0.1) is 0 Å². The molecular weight excluding hydrogens is 423 g/mol. The van der Waals surface area contributed by atoms with E-state index in [4.69, 9.17) is 0 Å². The van der Waals surface area contributed by atoms with Gasteiger partial charge in [-0.1, -0.05) is 19.9 Å². The summed E-state index contributed by atoms with van der Waals surface area (Å²) in [5.74, 6) is -0.995. The largest absolute Gasteiger partial charge is 0.322 e. The first-order valence-electron chi connectivity index (χ1n) is 8.07. The second-order valence-corrected chi connectivity index (χ2v) is 8.44. The van der Waals surface area contributed by atoms with E-state index in [0.717, 1.165) is 0 Å². The molecule has 0 saturated heterocycles. The average molecular weight is 443 g/mol. The average Bonchev–Trinajstić information content (AvgIpc) is 2.59. The van der Waals surface area contributed by atoms with Crippen LogP contribution in [0.5, 0.6) is 0 Å². The van der Waals surface area contributed by atoms with Crippen molar-refractivity contribution in [1.82, 2.24) is 4.31 Å². The Labute approximate surface area is 161 Å². The standard InChI is InChI=1S/C18H20BrFN2O3S/c1-4-22(5-2)26(24,25)14-8-9-16(19)15(11-14)18(23)21-17-10-13(20)7-6-12(17)3/h6-11H,4-5H2,1-3H3,(H,21,23). The van der Waals surface area contributed by atoms with Crippen molar-refractivity contribution in [2.75, 3.05) is 18.4 Å². The fourth-order valence-corrected chi connectivity index (χ4v) is 4.38. The van der Waals surface area contributed by atoms with Crippen LogP contribution in [-0.2, 0) is 10.0 Å². The number of anilines is 1. The highest BCUT2D eigenvalue weighted by Gasteiger charge is 2.24. The number of hydrogen-bond donors (Lipinski definition) is 1. The molecule has 0 fully saturated rings. The number of aryl methyl sites for hydroxylation is 1. The van der Waals surface area contributed by atoms with Gasteiger partial charge in [-0.25, -0.2) is 12.8 Å². The van der Waals surface area contributed by atoms with Crippen molar-refractivity contribution in [2.45, 2.75) is 25.7 Å². The van der Waals surface area contributed by atoms with Gasteiger partial charge < -0.3 is 5.32 Å². The maximum atomic E-state index is 13.4. The fourth-order valence-electron chi connectivity index (χ4n) is 2.47. The number of carbonyl (C=O) groups excluding carboxylic acids is 1. The second-order valence-electron chi connectivity index (χ2n) is 5.64. The minimum Gasteiger partial charge on any atom is -0.322 e. The number of halogens is 2. The van der Waals surface area contributed by atoms with E-state index in [2.05, 4.69) is 21.2 Å². The van der Waals surface area contributed by atoms with Crippen LogP contribution in [0.4, 0.5) is 10.1 Å². The molecule has 0 spiro atoms. The molecular formula is C18H20BrFN2O3S. The van der Waals surface area contributed by atoms with Crippen LogP contribution in [-0.4, -0.2) is 31.7 Å². The number of nitrogens with zero attached hydrogens (tertiary/aromatic N) is 1. The molecule has 0 aliphatic heterocycles. The summed E-state index contributed by atoms with van der Waals surface area (Å²) in [5.41, 5.74) is 1.18. The third kappa shape index (κ3) is 4.31. The molecule has 0 unspecified atom stereocenters. The smallest absolute Gasteiger partial charge is 0.256 e. The molecule has 0 saturated carbocycles. The quantitative estimate of drug-likeness (QED) is 0.729. The SMILES string of the molecule is CCN(CC)S(=O)(=O)c1ccc(Br)c(C(=O)Nc2cc(F)ccc2C)c1. The molecule has 1 N–H and O–H groups in total. The minimum absolute atomic E-state index is 0.0329. The lowest BCUT2D eigenvalue weighted by Crippen LogP contribution is -2.30. The Morgan fingerprint density at radius 2 is 1.81 bits per heavy atom. The van der Waals surface area contributed by atoms with Crippen LogP contribution in [0.25, 0.3) is 0 Å². The molecule has 26 heavy (non-hydrogen) atoms. The number of amides is 1. The van der Waals surface area contributed by atoms with Crippen molar-refractivity contribution >= 4 is 37.5 Å². The van der Waals surface area contributed by atoms with E-state index in [9.17, 15) is 17.6 Å². The molecule has 5 nitrogen and oxygen atoms in total. The molecule has 0 aromatic heterocycles. The highest BCUT2D eigenvalue weighted by Crippen LogP contribution is 2.25. The number of nitrogens with one attached hydrogen (secondary N) is 1. The summed E-state index contributed by atoms with van der Waals surface area (Å²) in [6.07, 6.45) is 0. The van der Waals surface area contributed by atoms with Crippen LogP contribution in [0, 0.1) is 12.7 Å². The van der Waals surface area contributed by atoms with E-state index in [0.29, 0.717) is 28.8 Å². The molecule has 8 heteroatoms. The monoisotopic (exact) mass is 442 g/mol. The van der Waals surface area contributed by atoms with E-state index in [1.54, 1.807) is 26.8 Å². The third-order valence-electron chi connectivity index (χ3n) is 3.97. The molecule has 2 rings (SSSR count). The first kappa shape index (κ1) is 20.5. The molecule has 2 aromatic rings. The topological polar surface area (TPSA) is 66.5 Å². The highest BCUT2D eigenvalue weighted by molar-refractivity contribution is 9.10. The lowest BCUT2D eigenvalue weighted by Gasteiger charge is -2.19. The van der Waals surface area contributed by atoms with Crippen molar-refractivity contribution in [1.29, 1.82) is 0 Å². The van der Waals surface area contributed by atoms with Crippen molar-refractivity contribution in [3.8, 4) is 0 Å². The fraction of sp³-hybridized carbons (Fsp3) is 0.278. The number of benzene rings is 2. The summed E-state index contributed by atoms with van der Waals surface area (Å²) >= 11 is 3.27. The second kappa shape index (κ2) is 8.28. The first-order chi connectivity index (χ1) is 12.2. The summed E-state index contributed by atoms with van der Waals surface area (Å²) in [4.78, 5) is 12.6. The van der Waals surface area contributed by atoms with Crippen LogP contribution in [0.3, 0.4) is 0 Å². The Morgan fingerprint density at radius 3 is 2.42 bits per heavy atom. The van der Waals surface area contributed by atoms with Crippen molar-refractivity contribution in [3.05, 3.63) is 57.8 Å². The molecule has 0 heterocycles. The molecule has 140 valence electrons. The van der Waals surface area contributed by atoms with Gasteiger partial charge in [0.15, 0.2) is 0 Å². The predicted octanol–water partition coefficient (Wildman–Crippen LogP) is 4.18. The summed E-state index contributed by atoms with van der Waals surface area (Å²) in [7, 11) is -3.69. The zero-order chi connectivity index (χ0) is 19.5. The van der Waals surface area contributed by atoms with E-state index in [1.807, 2.05) is 0 Å². The van der Waals surface area contributed by atoms with Gasteiger partial charge in [0, 0.05) is 23.2 Å². The Morgan fingerprint density at radius 1 is 1.15 bits per heavy atom. The molecule has 2 aromatic carbocycles. The predicted molar refractivity (Wildman–Crippen MR) is 103 cm³/mol. The minimum atomic E-state index is -3.69. The normalized spacial score (nSPS) is 11.6. The number of hydrogen-bond acceptors (Lipinski definition) is 3. The van der Waals surface area contributed by atoms with Gasteiger partial charge in [0.2, 0.25) is 10.0 Å². The molecule has 0 atom stereocenters. The van der Waals surface area contributed by atoms with Crippen LogP contribution in [0.15, 0.2) is 45.8 Å². The van der Waals surface area contributed by atoms with E-state index in [-0.39, 0.29) is 10.5 Å². The number of sulfonamides is 1. The Balaban J connectivity index is 2.41. The van der Waals surface area contributed by atoms with E-state index in [1.165, 1.54) is 34.6 Å². The summed E-state index contributed by atoms with van der Waals surface area (Å²) in [5, 5.41) is 2.63. The third-order valence-corrected chi connectivity index (χ3v) is 6.71. The molecule has 0 radical (unpaired) electrons. The summed E-state index contributed by atoms with van der Waals surface area (Å²) in [6.45, 7) is 5.91. The molecule has 0 aliphatic rings. The summed E-state index contributed by atoms with van der Waals surface area (Å²) in [6, 6.07) is 8.37. The Bertz CT molecular complexity index is 928. The van der Waals surface area contributed by atoms with Gasteiger partial charge in [-0.05, 0) is 58.7 Å². The maximum absolute atomic E-state index is 13.4. The van der Waals surface area contributed by atoms with Gasteiger partial charge in [0.25, 0.3) is 5.91 Å². The van der Waals surface area contributed by atoms with Crippen molar-refractivity contribution in [3.63, 3.8) is 0 Å². The highest BCUT2D eigenvalue weighted by atomic mass is 79.9. The van der Waals surface area contributed by atoms with Gasteiger partial charge in [0.05, 0.1) is 10.5 Å². The van der Waals surface area contributed by atoms with Crippen LogP contribution < -0.4 is 5.32 Å². The van der Waals surface area contributed by atoms with Crippen LogP contribution in [0.2, 0.25) is 0 Å². The summed E-state index contributed by atoms with van der Waals surface area (Å²) < 4.78 is 40.5.